The van der Waals surface area contributed by atoms with E-state index < -0.39 is 0 Å². The highest BCUT2D eigenvalue weighted by Crippen LogP contribution is 2.63. The average Bonchev–Trinajstić information content (AvgIpc) is 3.16. The van der Waals surface area contributed by atoms with E-state index in [9.17, 15) is 0 Å². The van der Waals surface area contributed by atoms with Gasteiger partial charge in [-0.3, -0.25) is 5.43 Å². The first-order valence-corrected chi connectivity index (χ1v) is 10.1. The third-order valence-electron chi connectivity index (χ3n) is 6.43. The van der Waals surface area contributed by atoms with Gasteiger partial charge in [0, 0.05) is 21.8 Å². The van der Waals surface area contributed by atoms with Crippen LogP contribution in [0.3, 0.4) is 0 Å². The molecule has 0 spiro atoms. The van der Waals surface area contributed by atoms with Crippen LogP contribution < -0.4 is 5.43 Å². The Morgan fingerprint density at radius 2 is 2.00 bits per heavy atom. The van der Waals surface area contributed by atoms with E-state index in [0.29, 0.717) is 5.41 Å². The molecule has 2 aliphatic carbocycles. The van der Waals surface area contributed by atoms with E-state index >= 15 is 0 Å². The Bertz CT molecular complexity index is 793. The molecule has 2 saturated carbocycles. The molecule has 1 aromatic carbocycles. The number of halogens is 1. The van der Waals surface area contributed by atoms with Crippen molar-refractivity contribution in [3.8, 4) is 10.4 Å². The van der Waals surface area contributed by atoms with Crippen LogP contribution in [0, 0.1) is 16.7 Å². The van der Waals surface area contributed by atoms with Crippen LogP contribution in [0.4, 0.5) is 5.13 Å². The Morgan fingerprint density at radius 3 is 2.62 bits per heavy atom. The molecule has 0 unspecified atom stereocenters. The highest BCUT2D eigenvalue weighted by Gasteiger charge is 2.59. The summed E-state index contributed by atoms with van der Waals surface area (Å²) in [6.45, 7) is 7.19. The molecule has 0 radical (unpaired) electrons. The summed E-state index contributed by atoms with van der Waals surface area (Å²) in [7, 11) is 0. The number of nitrogens with zero attached hydrogens (tertiary/aromatic N) is 2. The average molecular weight is 404 g/mol. The number of hydrazone groups is 1. The molecule has 2 fully saturated rings. The summed E-state index contributed by atoms with van der Waals surface area (Å²) in [6.07, 6.45) is 5.64. The van der Waals surface area contributed by atoms with Gasteiger partial charge in [-0.2, -0.15) is 5.10 Å². The topological polar surface area (TPSA) is 37.3 Å². The Morgan fingerprint density at radius 1 is 1.25 bits per heavy atom. The molecule has 1 aromatic heterocycles. The minimum Gasteiger partial charge on any atom is -0.253 e. The second-order valence-electron chi connectivity index (χ2n) is 7.70. The fourth-order valence-electron chi connectivity index (χ4n) is 4.29. The Hall–Kier alpha value is -1.20. The lowest BCUT2D eigenvalue weighted by atomic mass is 9.70. The van der Waals surface area contributed by atoms with Crippen molar-refractivity contribution in [1.29, 1.82) is 0 Å². The van der Waals surface area contributed by atoms with E-state index in [1.807, 2.05) is 6.20 Å². The SMILES string of the molecule is CC1(C)[C@H]2CC[C@]1(C)C(=NNc1ncc(-c3ccc(Br)cc3)s1)C2. The molecular weight excluding hydrogens is 382 g/mol. The van der Waals surface area contributed by atoms with E-state index in [1.165, 1.54) is 24.1 Å². The summed E-state index contributed by atoms with van der Waals surface area (Å²) in [5.74, 6) is 0.776. The quantitative estimate of drug-likeness (QED) is 0.620. The Kier molecular flexibility index (Phi) is 3.84. The molecule has 0 amide bonds. The number of rotatable bonds is 3. The van der Waals surface area contributed by atoms with Gasteiger partial charge in [0.15, 0.2) is 0 Å². The second kappa shape index (κ2) is 5.67. The summed E-state index contributed by atoms with van der Waals surface area (Å²) in [4.78, 5) is 5.64. The van der Waals surface area contributed by atoms with Crippen LogP contribution in [0.5, 0.6) is 0 Å². The van der Waals surface area contributed by atoms with Crippen LogP contribution in [-0.2, 0) is 0 Å². The molecular formula is C19H22BrN3S. The van der Waals surface area contributed by atoms with E-state index in [1.54, 1.807) is 11.3 Å². The maximum absolute atomic E-state index is 4.77. The van der Waals surface area contributed by atoms with Crippen molar-refractivity contribution < 1.29 is 0 Å². The van der Waals surface area contributed by atoms with Crippen LogP contribution in [-0.4, -0.2) is 10.7 Å². The first kappa shape index (κ1) is 16.3. The minimum atomic E-state index is 0.233. The fourth-order valence-corrected chi connectivity index (χ4v) is 5.31. The number of hydrogen-bond donors (Lipinski definition) is 1. The van der Waals surface area contributed by atoms with Gasteiger partial charge in [-0.15, -0.1) is 0 Å². The molecule has 3 nitrogen and oxygen atoms in total. The number of anilines is 1. The van der Waals surface area contributed by atoms with Crippen molar-refractivity contribution in [2.45, 2.75) is 40.0 Å². The molecule has 4 rings (SSSR count). The zero-order chi connectivity index (χ0) is 16.9. The zero-order valence-corrected chi connectivity index (χ0v) is 16.7. The highest BCUT2D eigenvalue weighted by atomic mass is 79.9. The van der Waals surface area contributed by atoms with Crippen molar-refractivity contribution >= 4 is 38.1 Å². The van der Waals surface area contributed by atoms with Crippen molar-refractivity contribution in [2.75, 3.05) is 5.43 Å². The molecule has 2 aliphatic rings. The van der Waals surface area contributed by atoms with Crippen molar-refractivity contribution in [2.24, 2.45) is 21.8 Å². The maximum atomic E-state index is 4.77. The van der Waals surface area contributed by atoms with Gasteiger partial charge in [0.25, 0.3) is 0 Å². The first-order valence-electron chi connectivity index (χ1n) is 8.45. The highest BCUT2D eigenvalue weighted by molar-refractivity contribution is 9.10. The molecule has 1 heterocycles. The van der Waals surface area contributed by atoms with E-state index in [4.69, 9.17) is 5.10 Å². The summed E-state index contributed by atoms with van der Waals surface area (Å²) in [6, 6.07) is 8.32. The number of nitrogens with one attached hydrogen (secondary N) is 1. The molecule has 126 valence electrons. The molecule has 2 bridgehead atoms. The number of thiazole rings is 1. The lowest BCUT2D eigenvalue weighted by Gasteiger charge is -2.34. The van der Waals surface area contributed by atoms with Crippen molar-refractivity contribution in [3.05, 3.63) is 34.9 Å². The molecule has 1 N–H and O–H groups in total. The van der Waals surface area contributed by atoms with Gasteiger partial charge in [-0.1, -0.05) is 60.2 Å². The van der Waals surface area contributed by atoms with Crippen molar-refractivity contribution in [1.82, 2.24) is 4.98 Å². The van der Waals surface area contributed by atoms with Gasteiger partial charge in [0.2, 0.25) is 5.13 Å². The Balaban J connectivity index is 1.52. The van der Waals surface area contributed by atoms with Crippen LogP contribution in [0.15, 0.2) is 40.0 Å². The predicted molar refractivity (Wildman–Crippen MR) is 106 cm³/mol. The van der Waals surface area contributed by atoms with Gasteiger partial charge in [-0.25, -0.2) is 4.98 Å². The third-order valence-corrected chi connectivity index (χ3v) is 7.91. The van der Waals surface area contributed by atoms with E-state index in [0.717, 1.165) is 26.8 Å². The standard InChI is InChI=1S/C19H22BrN3S/c1-18(2)13-8-9-19(18,3)16(10-13)22-23-17-21-11-15(24-17)12-4-6-14(20)7-5-12/h4-7,11,13H,8-10H2,1-3H3,(H,21,23)/t13-,19+/m0/s1. The normalized spacial score (nSPS) is 29.3. The number of fused-ring (bicyclic) bond motifs is 2. The maximum Gasteiger partial charge on any atom is 0.203 e. The summed E-state index contributed by atoms with van der Waals surface area (Å²) in [5, 5.41) is 5.64. The molecule has 2 atom stereocenters. The lowest BCUT2D eigenvalue weighted by Crippen LogP contribution is -2.32. The molecule has 0 saturated heterocycles. The van der Waals surface area contributed by atoms with E-state index in [2.05, 4.69) is 71.4 Å². The smallest absolute Gasteiger partial charge is 0.203 e. The van der Waals surface area contributed by atoms with Crippen LogP contribution in [0.2, 0.25) is 0 Å². The van der Waals surface area contributed by atoms with Crippen molar-refractivity contribution in [3.63, 3.8) is 0 Å². The van der Waals surface area contributed by atoms with Gasteiger partial charge in [0.05, 0.1) is 4.88 Å². The molecule has 2 aromatic rings. The van der Waals surface area contributed by atoms with Gasteiger partial charge >= 0.3 is 0 Å². The molecule has 5 heteroatoms. The van der Waals surface area contributed by atoms with E-state index in [-0.39, 0.29) is 5.41 Å². The first-order chi connectivity index (χ1) is 11.4. The van der Waals surface area contributed by atoms with Crippen LogP contribution >= 0.6 is 27.3 Å². The summed E-state index contributed by atoms with van der Waals surface area (Å²) in [5.41, 5.74) is 6.32. The largest absolute Gasteiger partial charge is 0.253 e. The third kappa shape index (κ3) is 2.44. The van der Waals surface area contributed by atoms with Crippen LogP contribution in [0.1, 0.15) is 40.0 Å². The number of hydrogen-bond acceptors (Lipinski definition) is 4. The Labute approximate surface area is 155 Å². The summed E-state index contributed by atoms with van der Waals surface area (Å²) >= 11 is 5.12. The van der Waals surface area contributed by atoms with Gasteiger partial charge in [-0.05, 0) is 48.3 Å². The minimum absolute atomic E-state index is 0.233. The van der Waals surface area contributed by atoms with Gasteiger partial charge in [0.1, 0.15) is 0 Å². The molecule has 24 heavy (non-hydrogen) atoms. The zero-order valence-electron chi connectivity index (χ0n) is 14.3. The fraction of sp³-hybridized carbons (Fsp3) is 0.474. The second-order valence-corrected chi connectivity index (χ2v) is 9.65. The summed E-state index contributed by atoms with van der Waals surface area (Å²) < 4.78 is 1.09. The lowest BCUT2D eigenvalue weighted by molar-refractivity contribution is 0.194. The van der Waals surface area contributed by atoms with Crippen LogP contribution in [0.25, 0.3) is 10.4 Å². The van der Waals surface area contributed by atoms with Gasteiger partial charge < -0.3 is 0 Å². The predicted octanol–water partition coefficient (Wildman–Crippen LogP) is 6.19. The molecule has 0 aliphatic heterocycles. The number of aromatic nitrogens is 1. The monoisotopic (exact) mass is 403 g/mol. The number of benzene rings is 1.